The third-order valence-electron chi connectivity index (χ3n) is 10.9. The van der Waals surface area contributed by atoms with Crippen molar-refractivity contribution in [2.75, 3.05) is 4.90 Å². The fraction of sp³-hybridized carbons (Fsp3) is 0.312. The number of allylic oxidation sites excluding steroid dienone is 1. The maximum Gasteiger partial charge on any atom is 0.197 e. The van der Waals surface area contributed by atoms with Crippen molar-refractivity contribution in [2.24, 2.45) is 0 Å². The van der Waals surface area contributed by atoms with Crippen LogP contribution in [0, 0.1) is 17.1 Å². The Bertz CT molecular complexity index is 2420. The van der Waals surface area contributed by atoms with Crippen molar-refractivity contribution in [2.45, 2.75) is 97.8 Å². The van der Waals surface area contributed by atoms with Crippen LogP contribution in [0.1, 0.15) is 135 Å². The number of nitrogens with zero attached hydrogens (tertiary/aromatic N) is 2. The minimum absolute atomic E-state index is 0.0946. The first kappa shape index (κ1) is 37.2. The summed E-state index contributed by atoms with van der Waals surface area (Å²) in [6.07, 6.45) is 1.76. The van der Waals surface area contributed by atoms with Gasteiger partial charge in [0.2, 0.25) is 0 Å². The summed E-state index contributed by atoms with van der Waals surface area (Å²) in [6, 6.07) is 26.6. The number of anilines is 3. The number of fused-ring (bicyclic) bond motifs is 3. The Morgan fingerprint density at radius 3 is 1.85 bits per heavy atom. The van der Waals surface area contributed by atoms with Crippen LogP contribution in [0.15, 0.2) is 84.4 Å². The lowest BCUT2D eigenvalue weighted by atomic mass is 9.71. The highest BCUT2D eigenvalue weighted by atomic mass is 32.1. The molecule has 2 aliphatic rings. The van der Waals surface area contributed by atoms with Crippen molar-refractivity contribution in [1.82, 2.24) is 0 Å². The first-order chi connectivity index (χ1) is 25.1. The summed E-state index contributed by atoms with van der Waals surface area (Å²) in [5.41, 5.74) is 9.16. The van der Waals surface area contributed by atoms with Crippen LogP contribution >= 0.6 is 11.3 Å². The van der Waals surface area contributed by atoms with Gasteiger partial charge < -0.3 is 4.90 Å². The van der Waals surface area contributed by atoms with Crippen LogP contribution in [-0.4, -0.2) is 11.6 Å². The van der Waals surface area contributed by atoms with E-state index in [0.29, 0.717) is 27.8 Å². The van der Waals surface area contributed by atoms with Gasteiger partial charge in [0.25, 0.3) is 0 Å². The molecule has 1 aliphatic carbocycles. The van der Waals surface area contributed by atoms with Gasteiger partial charge in [0.05, 0.1) is 28.6 Å². The Morgan fingerprint density at radius 1 is 0.722 bits per heavy atom. The Labute approximate surface area is 323 Å². The van der Waals surface area contributed by atoms with Crippen molar-refractivity contribution in [1.29, 1.82) is 5.26 Å². The molecule has 0 unspecified atom stereocenters. The van der Waals surface area contributed by atoms with E-state index in [4.69, 9.17) is 0 Å². The summed E-state index contributed by atoms with van der Waals surface area (Å²) in [7, 11) is 0. The summed E-state index contributed by atoms with van der Waals surface area (Å²) in [4.78, 5) is 30.3. The minimum atomic E-state index is -0.560. The Morgan fingerprint density at radius 2 is 1.31 bits per heavy atom. The molecule has 5 aromatic rings. The van der Waals surface area contributed by atoms with Crippen LogP contribution in [0.4, 0.5) is 20.8 Å². The third kappa shape index (κ3) is 6.03. The molecule has 0 radical (unpaired) electrons. The molecule has 2 heterocycles. The third-order valence-corrected chi connectivity index (χ3v) is 12.0. The van der Waals surface area contributed by atoms with Gasteiger partial charge in [-0.3, -0.25) is 9.59 Å². The maximum atomic E-state index is 15.5. The molecule has 0 saturated carbocycles. The molecule has 6 heteroatoms. The number of thiophene rings is 1. The predicted molar refractivity (Wildman–Crippen MR) is 220 cm³/mol. The number of ketones is 2. The van der Waals surface area contributed by atoms with E-state index in [1.165, 1.54) is 28.8 Å². The van der Waals surface area contributed by atoms with Crippen molar-refractivity contribution >= 4 is 45.4 Å². The van der Waals surface area contributed by atoms with E-state index in [2.05, 4.69) is 117 Å². The number of hydrogen-bond acceptors (Lipinski definition) is 5. The lowest BCUT2D eigenvalue weighted by Crippen LogP contribution is -2.33. The van der Waals surface area contributed by atoms with E-state index in [1.54, 1.807) is 47.7 Å². The van der Waals surface area contributed by atoms with Crippen molar-refractivity contribution in [3.63, 3.8) is 0 Å². The van der Waals surface area contributed by atoms with Gasteiger partial charge in [-0.25, -0.2) is 4.39 Å². The molecule has 0 bridgehead atoms. The van der Waals surface area contributed by atoms with Crippen LogP contribution < -0.4 is 4.90 Å². The van der Waals surface area contributed by atoms with Gasteiger partial charge in [0.15, 0.2) is 11.6 Å². The Balaban J connectivity index is 1.55. The average Bonchev–Trinajstić information content (AvgIpc) is 3.63. The van der Waals surface area contributed by atoms with E-state index < -0.39 is 5.41 Å². The van der Waals surface area contributed by atoms with E-state index in [9.17, 15) is 14.9 Å². The molecule has 54 heavy (non-hydrogen) atoms. The highest BCUT2D eigenvalue weighted by Gasteiger charge is 2.43. The molecule has 0 spiro atoms. The number of rotatable bonds is 3. The standard InChI is InChI=1S/C48H47FN2O2S/c1-45(2,3)29-22-36(46(4,5)6)41(37(23-29)47(7,8)9)51-40-19-17-28(33-20-27(26-50)16-18-39(33)49)21-35(40)48(10,11)38-25-30(54-44(38)51)24-34-42(52)31-14-12-13-15-32(31)43(34)53/h12-25H,1-11H3. The number of nitriles is 1. The fourth-order valence-electron chi connectivity index (χ4n) is 7.77. The zero-order chi connectivity index (χ0) is 39.3. The van der Waals surface area contributed by atoms with Gasteiger partial charge in [0.1, 0.15) is 10.8 Å². The van der Waals surface area contributed by atoms with Gasteiger partial charge in [-0.15, -0.1) is 11.3 Å². The molecule has 274 valence electrons. The quantitative estimate of drug-likeness (QED) is 0.137. The molecule has 0 N–H and O–H groups in total. The highest BCUT2D eigenvalue weighted by molar-refractivity contribution is 7.17. The Kier molecular flexibility index (Phi) is 8.59. The zero-order valence-corrected chi connectivity index (χ0v) is 33.9. The first-order valence-corrected chi connectivity index (χ1v) is 19.3. The summed E-state index contributed by atoms with van der Waals surface area (Å²) >= 11 is 1.58. The molecular formula is C48H47FN2O2S. The number of benzene rings is 4. The zero-order valence-electron chi connectivity index (χ0n) is 33.1. The SMILES string of the molecule is CC(C)(C)c1cc(C(C)(C)C)c(N2c3ccc(-c4cc(C#N)ccc4F)cc3C(C)(C)c3cc(C=C4C(=O)c5ccccc5C4=O)sc32)c(C(C)(C)C)c1. The molecule has 4 nitrogen and oxygen atoms in total. The monoisotopic (exact) mass is 734 g/mol. The van der Waals surface area contributed by atoms with E-state index in [1.807, 2.05) is 6.07 Å². The second kappa shape index (κ2) is 12.5. The average molecular weight is 735 g/mol. The lowest BCUT2D eigenvalue weighted by Gasteiger charge is -2.44. The highest BCUT2D eigenvalue weighted by Crippen LogP contribution is 2.59. The van der Waals surface area contributed by atoms with Crippen molar-refractivity contribution in [3.8, 4) is 17.2 Å². The molecule has 1 aliphatic heterocycles. The maximum absolute atomic E-state index is 15.5. The van der Waals surface area contributed by atoms with Gasteiger partial charge in [0, 0.05) is 27.0 Å². The van der Waals surface area contributed by atoms with Gasteiger partial charge in [-0.1, -0.05) is 119 Å². The van der Waals surface area contributed by atoms with Crippen LogP contribution in [0.3, 0.4) is 0 Å². The topological polar surface area (TPSA) is 61.2 Å². The normalized spacial score (nSPS) is 15.2. The minimum Gasteiger partial charge on any atom is -0.301 e. The second-order valence-corrected chi connectivity index (χ2v) is 19.4. The van der Waals surface area contributed by atoms with Crippen LogP contribution in [0.5, 0.6) is 0 Å². The van der Waals surface area contributed by atoms with E-state index in [-0.39, 0.29) is 39.2 Å². The number of Topliss-reactive ketones (excluding diaryl/α,β-unsaturated/α-hetero) is 2. The predicted octanol–water partition coefficient (Wildman–Crippen LogP) is 12.9. The molecule has 0 fully saturated rings. The molecule has 0 amide bonds. The summed E-state index contributed by atoms with van der Waals surface area (Å²) in [5, 5.41) is 10.7. The van der Waals surface area contributed by atoms with E-state index >= 15 is 4.39 Å². The molecule has 1 aromatic heterocycles. The lowest BCUT2D eigenvalue weighted by molar-refractivity contribution is 0.0990. The van der Waals surface area contributed by atoms with E-state index in [0.717, 1.165) is 32.4 Å². The smallest absolute Gasteiger partial charge is 0.197 e. The van der Waals surface area contributed by atoms with Gasteiger partial charge in [-0.2, -0.15) is 5.26 Å². The number of carbonyl (C=O) groups excluding carboxylic acids is 2. The first-order valence-electron chi connectivity index (χ1n) is 18.5. The summed E-state index contributed by atoms with van der Waals surface area (Å²) in [6.45, 7) is 24.7. The fourth-order valence-corrected chi connectivity index (χ4v) is 9.06. The Hall–Kier alpha value is -5.12. The van der Waals surface area contributed by atoms with Crippen LogP contribution in [0.25, 0.3) is 17.2 Å². The molecule has 7 rings (SSSR count). The van der Waals surface area contributed by atoms with Gasteiger partial charge in [-0.05, 0) is 92.1 Å². The van der Waals surface area contributed by atoms with Gasteiger partial charge >= 0.3 is 0 Å². The number of hydrogen-bond donors (Lipinski definition) is 0. The molecule has 4 aromatic carbocycles. The molecule has 0 atom stereocenters. The molecular weight excluding hydrogens is 688 g/mol. The number of halogens is 1. The van der Waals surface area contributed by atoms with Crippen molar-refractivity contribution in [3.05, 3.63) is 140 Å². The summed E-state index contributed by atoms with van der Waals surface area (Å²) in [5.74, 6) is -0.898. The van der Waals surface area contributed by atoms with Crippen LogP contribution in [0.2, 0.25) is 0 Å². The van der Waals surface area contributed by atoms with Crippen molar-refractivity contribution < 1.29 is 14.0 Å². The van der Waals surface area contributed by atoms with Crippen LogP contribution in [-0.2, 0) is 21.7 Å². The number of carbonyl (C=O) groups is 2. The second-order valence-electron chi connectivity index (χ2n) is 18.3. The summed E-state index contributed by atoms with van der Waals surface area (Å²) < 4.78 is 15.5. The molecule has 0 saturated heterocycles. The largest absolute Gasteiger partial charge is 0.301 e.